The molecule has 3 aliphatic rings. The van der Waals surface area contributed by atoms with E-state index in [1.165, 1.54) is 34.7 Å². The molecular formula is C27H35ClN6O. The molecule has 2 saturated heterocycles. The van der Waals surface area contributed by atoms with E-state index in [4.69, 9.17) is 14.7 Å². The van der Waals surface area contributed by atoms with Crippen LogP contribution in [-0.4, -0.2) is 72.2 Å². The molecule has 0 spiro atoms. The van der Waals surface area contributed by atoms with Crippen LogP contribution in [0.4, 0.5) is 5.82 Å². The highest BCUT2D eigenvalue weighted by Crippen LogP contribution is 2.33. The number of aromatic nitrogens is 2. The van der Waals surface area contributed by atoms with Crippen molar-refractivity contribution in [2.75, 3.05) is 51.3 Å². The summed E-state index contributed by atoms with van der Waals surface area (Å²) in [6, 6.07) is 16.3. The minimum Gasteiger partial charge on any atom is -0.462 e. The molecule has 0 bridgehead atoms. The molecule has 1 N–H and O–H groups in total. The fourth-order valence-electron chi connectivity index (χ4n) is 5.63. The Morgan fingerprint density at radius 2 is 1.83 bits per heavy atom. The highest BCUT2D eigenvalue weighted by Gasteiger charge is 2.29. The van der Waals surface area contributed by atoms with Gasteiger partial charge in [-0.25, -0.2) is 0 Å². The van der Waals surface area contributed by atoms with Crippen molar-refractivity contribution in [1.82, 2.24) is 25.1 Å². The molecule has 1 aromatic heterocycles. The van der Waals surface area contributed by atoms with Crippen LogP contribution in [0.3, 0.4) is 0 Å². The van der Waals surface area contributed by atoms with Crippen molar-refractivity contribution < 1.29 is 4.74 Å². The number of anilines is 1. The maximum absolute atomic E-state index is 6.20. The predicted molar refractivity (Wildman–Crippen MR) is 142 cm³/mol. The lowest BCUT2D eigenvalue weighted by atomic mass is 10.0. The molecule has 1 unspecified atom stereocenters. The van der Waals surface area contributed by atoms with Gasteiger partial charge in [0, 0.05) is 57.4 Å². The topological polar surface area (TPSA) is 56.8 Å². The Labute approximate surface area is 213 Å². The van der Waals surface area contributed by atoms with E-state index >= 15 is 0 Å². The van der Waals surface area contributed by atoms with Gasteiger partial charge < -0.3 is 19.9 Å². The largest absolute Gasteiger partial charge is 0.462 e. The van der Waals surface area contributed by atoms with Crippen molar-refractivity contribution in [1.29, 1.82) is 0 Å². The third-order valence-electron chi connectivity index (χ3n) is 7.57. The van der Waals surface area contributed by atoms with Gasteiger partial charge in [0.05, 0.1) is 5.69 Å². The maximum atomic E-state index is 6.20. The van der Waals surface area contributed by atoms with Gasteiger partial charge in [-0.1, -0.05) is 42.5 Å². The van der Waals surface area contributed by atoms with E-state index in [9.17, 15) is 0 Å². The molecular weight excluding hydrogens is 460 g/mol. The first kappa shape index (κ1) is 24.3. The van der Waals surface area contributed by atoms with Crippen molar-refractivity contribution >= 4 is 29.0 Å². The van der Waals surface area contributed by atoms with E-state index in [1.807, 2.05) is 0 Å². The standard InChI is InChI=1S/C27H34N6O.ClH/c1-31-13-5-9-22(31)19-34-27-29-25-18-32(16-21-8-4-7-20-6-2-3-10-23(20)21)17-24(25)26(30-27)33-14-11-28-12-15-33;/h2-4,6-8,10,22,28H,5,9,11-19H2,1H3;1H. The van der Waals surface area contributed by atoms with Crippen molar-refractivity contribution in [3.05, 3.63) is 59.3 Å². The van der Waals surface area contributed by atoms with E-state index in [1.54, 1.807) is 0 Å². The van der Waals surface area contributed by atoms with Gasteiger partial charge in [-0.3, -0.25) is 4.90 Å². The number of hydrogen-bond donors (Lipinski definition) is 1. The van der Waals surface area contributed by atoms with Crippen LogP contribution >= 0.6 is 12.4 Å². The van der Waals surface area contributed by atoms with Crippen molar-refractivity contribution in [2.24, 2.45) is 0 Å². The number of nitrogens with zero attached hydrogens (tertiary/aromatic N) is 5. The Morgan fingerprint density at radius 3 is 2.66 bits per heavy atom. The number of halogens is 1. The van der Waals surface area contributed by atoms with Gasteiger partial charge in [0.2, 0.25) is 0 Å². The summed E-state index contributed by atoms with van der Waals surface area (Å²) < 4.78 is 6.20. The van der Waals surface area contributed by atoms with E-state index in [2.05, 4.69) is 69.5 Å². The van der Waals surface area contributed by atoms with Crippen LogP contribution in [0.5, 0.6) is 6.01 Å². The molecule has 2 fully saturated rings. The second-order valence-corrected chi connectivity index (χ2v) is 9.86. The Kier molecular flexibility index (Phi) is 7.39. The van der Waals surface area contributed by atoms with Gasteiger partial charge in [-0.05, 0) is 42.8 Å². The molecule has 0 radical (unpaired) electrons. The molecule has 4 heterocycles. The average molecular weight is 495 g/mol. The fraction of sp³-hybridized carbons (Fsp3) is 0.481. The number of piperazine rings is 1. The maximum Gasteiger partial charge on any atom is 0.318 e. The summed E-state index contributed by atoms with van der Waals surface area (Å²) in [5.41, 5.74) is 3.76. The molecule has 1 atom stereocenters. The number of fused-ring (bicyclic) bond motifs is 2. The molecule has 0 amide bonds. The molecule has 8 heteroatoms. The van der Waals surface area contributed by atoms with E-state index in [0.717, 1.165) is 63.9 Å². The van der Waals surface area contributed by atoms with Crippen LogP contribution in [0, 0.1) is 0 Å². The minimum absolute atomic E-state index is 0. The first-order valence-electron chi connectivity index (χ1n) is 12.6. The van der Waals surface area contributed by atoms with Crippen LogP contribution in [0.2, 0.25) is 0 Å². The first-order valence-corrected chi connectivity index (χ1v) is 12.6. The quantitative estimate of drug-likeness (QED) is 0.563. The van der Waals surface area contributed by atoms with Crippen molar-refractivity contribution in [2.45, 2.75) is 38.5 Å². The number of likely N-dealkylation sites (N-methyl/N-ethyl adjacent to an activating group) is 1. The number of benzene rings is 2. The van der Waals surface area contributed by atoms with Crippen LogP contribution in [-0.2, 0) is 19.6 Å². The third kappa shape index (κ3) is 5.09. The molecule has 7 nitrogen and oxygen atoms in total. The van der Waals surface area contributed by atoms with Gasteiger partial charge in [0.15, 0.2) is 0 Å². The van der Waals surface area contributed by atoms with Gasteiger partial charge in [0.25, 0.3) is 0 Å². The number of ether oxygens (including phenoxy) is 1. The number of nitrogens with one attached hydrogen (secondary N) is 1. The highest BCUT2D eigenvalue weighted by molar-refractivity contribution is 5.86. The zero-order valence-corrected chi connectivity index (χ0v) is 21.3. The third-order valence-corrected chi connectivity index (χ3v) is 7.57. The zero-order valence-electron chi connectivity index (χ0n) is 20.4. The first-order chi connectivity index (χ1) is 16.7. The van der Waals surface area contributed by atoms with E-state index in [-0.39, 0.29) is 12.4 Å². The summed E-state index contributed by atoms with van der Waals surface area (Å²) >= 11 is 0. The second kappa shape index (κ2) is 10.7. The van der Waals surface area contributed by atoms with Crippen molar-refractivity contribution in [3.8, 4) is 6.01 Å². The number of likely N-dealkylation sites (tertiary alicyclic amines) is 1. The lowest BCUT2D eigenvalue weighted by Gasteiger charge is -2.30. The monoisotopic (exact) mass is 494 g/mol. The van der Waals surface area contributed by atoms with Gasteiger partial charge in [-0.15, -0.1) is 12.4 Å². The van der Waals surface area contributed by atoms with Gasteiger partial charge in [0.1, 0.15) is 12.4 Å². The highest BCUT2D eigenvalue weighted by atomic mass is 35.5. The predicted octanol–water partition coefficient (Wildman–Crippen LogP) is 3.45. The molecule has 3 aromatic rings. The second-order valence-electron chi connectivity index (χ2n) is 9.86. The van der Waals surface area contributed by atoms with Crippen LogP contribution in [0.1, 0.15) is 29.7 Å². The zero-order chi connectivity index (χ0) is 22.9. The summed E-state index contributed by atoms with van der Waals surface area (Å²) in [5.74, 6) is 1.07. The Morgan fingerprint density at radius 1 is 1.00 bits per heavy atom. The summed E-state index contributed by atoms with van der Waals surface area (Å²) in [5, 5.41) is 6.09. The number of hydrogen-bond acceptors (Lipinski definition) is 7. The molecule has 2 aromatic carbocycles. The van der Waals surface area contributed by atoms with Crippen LogP contribution in [0.15, 0.2) is 42.5 Å². The van der Waals surface area contributed by atoms with E-state index < -0.39 is 0 Å². The van der Waals surface area contributed by atoms with Crippen LogP contribution in [0.25, 0.3) is 10.8 Å². The minimum atomic E-state index is 0. The molecule has 186 valence electrons. The van der Waals surface area contributed by atoms with Crippen LogP contribution < -0.4 is 15.0 Å². The Bertz CT molecular complexity index is 1160. The summed E-state index contributed by atoms with van der Waals surface area (Å²) in [6.07, 6.45) is 2.43. The Hall–Kier alpha value is -2.45. The normalized spacial score (nSPS) is 20.7. The summed E-state index contributed by atoms with van der Waals surface area (Å²) in [4.78, 5) is 17.2. The smallest absolute Gasteiger partial charge is 0.318 e. The Balaban J connectivity index is 0.00000253. The van der Waals surface area contributed by atoms with Gasteiger partial charge in [-0.2, -0.15) is 9.97 Å². The fourth-order valence-corrected chi connectivity index (χ4v) is 5.63. The molecule has 3 aliphatic heterocycles. The molecule has 0 saturated carbocycles. The lowest BCUT2D eigenvalue weighted by molar-refractivity contribution is 0.187. The SMILES string of the molecule is CN1CCCC1COc1nc2c(c(N3CCNCC3)n1)CN(Cc1cccc3ccccc13)C2.Cl. The molecule has 6 rings (SSSR count). The lowest BCUT2D eigenvalue weighted by Crippen LogP contribution is -2.44. The molecule has 0 aliphatic carbocycles. The average Bonchev–Trinajstić information content (AvgIpc) is 3.48. The van der Waals surface area contributed by atoms with Gasteiger partial charge >= 0.3 is 6.01 Å². The van der Waals surface area contributed by atoms with Crippen molar-refractivity contribution in [3.63, 3.8) is 0 Å². The summed E-state index contributed by atoms with van der Waals surface area (Å²) in [6.45, 7) is 8.34. The number of rotatable bonds is 6. The summed E-state index contributed by atoms with van der Waals surface area (Å²) in [7, 11) is 2.18. The van der Waals surface area contributed by atoms with E-state index in [0.29, 0.717) is 18.7 Å². The molecule has 35 heavy (non-hydrogen) atoms.